The summed E-state index contributed by atoms with van der Waals surface area (Å²) in [5, 5.41) is 9.95. The molecule has 1 atom stereocenters. The standard InChI is InChI=1S/C17H29NO/c1-14(2)8-5-3-4-6-12-18-13-11-15-16(18)9-7-10-17(15)19/h11,13-14,17,19H,3-10,12H2,1-2H3. The highest BCUT2D eigenvalue weighted by Gasteiger charge is 2.20. The van der Waals surface area contributed by atoms with E-state index in [1.54, 1.807) is 0 Å². The fourth-order valence-corrected chi connectivity index (χ4v) is 3.13. The van der Waals surface area contributed by atoms with Crippen LogP contribution in [-0.2, 0) is 13.0 Å². The lowest BCUT2D eigenvalue weighted by atomic mass is 9.95. The first-order valence-corrected chi connectivity index (χ1v) is 8.04. The average Bonchev–Trinajstić information content (AvgIpc) is 2.78. The third kappa shape index (κ3) is 4.10. The Morgan fingerprint density at radius 3 is 2.84 bits per heavy atom. The van der Waals surface area contributed by atoms with Gasteiger partial charge in [0.15, 0.2) is 0 Å². The second kappa shape index (κ2) is 7.14. The van der Waals surface area contributed by atoms with Crippen molar-refractivity contribution in [1.82, 2.24) is 4.57 Å². The monoisotopic (exact) mass is 263 g/mol. The lowest BCUT2D eigenvalue weighted by Crippen LogP contribution is -2.12. The van der Waals surface area contributed by atoms with Gasteiger partial charge in [0.1, 0.15) is 0 Å². The van der Waals surface area contributed by atoms with Crippen molar-refractivity contribution < 1.29 is 5.11 Å². The molecule has 0 bridgehead atoms. The van der Waals surface area contributed by atoms with Crippen LogP contribution in [-0.4, -0.2) is 9.67 Å². The van der Waals surface area contributed by atoms with E-state index < -0.39 is 0 Å². The Kier molecular flexibility index (Phi) is 5.50. The van der Waals surface area contributed by atoms with Gasteiger partial charge in [-0.25, -0.2) is 0 Å². The second-order valence-electron chi connectivity index (χ2n) is 6.42. The number of hydrogen-bond acceptors (Lipinski definition) is 1. The zero-order valence-corrected chi connectivity index (χ0v) is 12.6. The molecule has 0 saturated carbocycles. The Hall–Kier alpha value is -0.760. The second-order valence-corrected chi connectivity index (χ2v) is 6.42. The molecule has 1 N–H and O–H groups in total. The van der Waals surface area contributed by atoms with Crippen molar-refractivity contribution in [1.29, 1.82) is 0 Å². The number of unbranched alkanes of at least 4 members (excludes halogenated alkanes) is 3. The summed E-state index contributed by atoms with van der Waals surface area (Å²) in [6.45, 7) is 5.73. The number of aryl methyl sites for hydroxylation is 1. The maximum absolute atomic E-state index is 9.95. The van der Waals surface area contributed by atoms with E-state index in [2.05, 4.69) is 30.7 Å². The minimum atomic E-state index is -0.212. The molecular formula is C17H29NO. The van der Waals surface area contributed by atoms with Gasteiger partial charge in [-0.3, -0.25) is 0 Å². The SMILES string of the molecule is CC(C)CCCCCCn1ccc2c1CCCC2O. The summed E-state index contributed by atoms with van der Waals surface area (Å²) in [7, 11) is 0. The molecule has 0 spiro atoms. The molecule has 0 aromatic carbocycles. The van der Waals surface area contributed by atoms with Gasteiger partial charge in [0, 0.05) is 24.0 Å². The fourth-order valence-electron chi connectivity index (χ4n) is 3.13. The van der Waals surface area contributed by atoms with E-state index in [9.17, 15) is 5.11 Å². The van der Waals surface area contributed by atoms with Crippen molar-refractivity contribution in [2.45, 2.75) is 77.9 Å². The van der Waals surface area contributed by atoms with E-state index in [4.69, 9.17) is 0 Å². The van der Waals surface area contributed by atoms with Crippen molar-refractivity contribution >= 4 is 0 Å². The Balaban J connectivity index is 1.72. The van der Waals surface area contributed by atoms with Gasteiger partial charge in [-0.2, -0.15) is 0 Å². The molecule has 1 aromatic rings. The molecule has 0 amide bonds. The zero-order valence-electron chi connectivity index (χ0n) is 12.6. The van der Waals surface area contributed by atoms with E-state index in [1.165, 1.54) is 43.4 Å². The van der Waals surface area contributed by atoms with E-state index in [0.717, 1.165) is 31.7 Å². The molecule has 1 heterocycles. The lowest BCUT2D eigenvalue weighted by Gasteiger charge is -2.20. The molecule has 2 rings (SSSR count). The van der Waals surface area contributed by atoms with Crippen LogP contribution in [0.15, 0.2) is 12.3 Å². The van der Waals surface area contributed by atoms with Crippen LogP contribution in [0.5, 0.6) is 0 Å². The number of aliphatic hydroxyl groups is 1. The molecule has 1 aromatic heterocycles. The molecule has 2 nitrogen and oxygen atoms in total. The first-order chi connectivity index (χ1) is 9.18. The summed E-state index contributed by atoms with van der Waals surface area (Å²) in [5.41, 5.74) is 2.58. The predicted octanol–water partition coefficient (Wildman–Crippen LogP) is 4.46. The minimum absolute atomic E-state index is 0.212. The molecule has 108 valence electrons. The minimum Gasteiger partial charge on any atom is -0.388 e. The third-order valence-corrected chi connectivity index (χ3v) is 4.29. The number of aliphatic hydroxyl groups excluding tert-OH is 1. The van der Waals surface area contributed by atoms with Gasteiger partial charge < -0.3 is 9.67 Å². The molecule has 19 heavy (non-hydrogen) atoms. The molecule has 1 unspecified atom stereocenters. The average molecular weight is 263 g/mol. The van der Waals surface area contributed by atoms with Gasteiger partial charge in [-0.1, -0.05) is 39.5 Å². The number of hydrogen-bond donors (Lipinski definition) is 1. The Bertz CT molecular complexity index is 381. The number of nitrogens with zero attached hydrogens (tertiary/aromatic N) is 1. The van der Waals surface area contributed by atoms with Gasteiger partial charge in [-0.15, -0.1) is 0 Å². The molecule has 0 saturated heterocycles. The smallest absolute Gasteiger partial charge is 0.0807 e. The highest BCUT2D eigenvalue weighted by Crippen LogP contribution is 2.30. The molecular weight excluding hydrogens is 234 g/mol. The number of fused-ring (bicyclic) bond motifs is 1. The molecule has 1 aliphatic carbocycles. The predicted molar refractivity (Wildman–Crippen MR) is 80.3 cm³/mol. The quantitative estimate of drug-likeness (QED) is 0.722. The molecule has 2 heteroatoms. The van der Waals surface area contributed by atoms with Crippen LogP contribution < -0.4 is 0 Å². The Labute approximate surface area is 117 Å². The van der Waals surface area contributed by atoms with Gasteiger partial charge in [0.05, 0.1) is 6.10 Å². The van der Waals surface area contributed by atoms with Crippen molar-refractivity contribution in [2.75, 3.05) is 0 Å². The first-order valence-electron chi connectivity index (χ1n) is 8.04. The van der Waals surface area contributed by atoms with Crippen LogP contribution in [0.3, 0.4) is 0 Å². The highest BCUT2D eigenvalue weighted by atomic mass is 16.3. The summed E-state index contributed by atoms with van der Waals surface area (Å²) >= 11 is 0. The van der Waals surface area contributed by atoms with E-state index in [1.807, 2.05) is 0 Å². The van der Waals surface area contributed by atoms with Crippen LogP contribution in [0.1, 0.15) is 76.2 Å². The molecule has 0 fully saturated rings. The van der Waals surface area contributed by atoms with Crippen molar-refractivity contribution in [3.63, 3.8) is 0 Å². The normalized spacial score (nSPS) is 18.8. The Morgan fingerprint density at radius 1 is 1.26 bits per heavy atom. The van der Waals surface area contributed by atoms with Crippen LogP contribution >= 0.6 is 0 Å². The van der Waals surface area contributed by atoms with Crippen LogP contribution in [0.25, 0.3) is 0 Å². The summed E-state index contributed by atoms with van der Waals surface area (Å²) in [6, 6.07) is 2.12. The van der Waals surface area contributed by atoms with Gasteiger partial charge in [0.25, 0.3) is 0 Å². The van der Waals surface area contributed by atoms with Gasteiger partial charge in [-0.05, 0) is 37.7 Å². The maximum Gasteiger partial charge on any atom is 0.0807 e. The van der Waals surface area contributed by atoms with Crippen LogP contribution in [0, 0.1) is 5.92 Å². The molecule has 0 radical (unpaired) electrons. The first kappa shape index (κ1) is 14.6. The molecule has 1 aliphatic rings. The van der Waals surface area contributed by atoms with Crippen LogP contribution in [0.4, 0.5) is 0 Å². The molecule has 0 aliphatic heterocycles. The summed E-state index contributed by atoms with van der Waals surface area (Å²) in [5.74, 6) is 0.845. The Morgan fingerprint density at radius 2 is 2.05 bits per heavy atom. The zero-order chi connectivity index (χ0) is 13.7. The third-order valence-electron chi connectivity index (χ3n) is 4.29. The largest absolute Gasteiger partial charge is 0.388 e. The van der Waals surface area contributed by atoms with E-state index in [0.29, 0.717) is 0 Å². The fraction of sp³-hybridized carbons (Fsp3) is 0.765. The number of rotatable bonds is 7. The number of aromatic nitrogens is 1. The maximum atomic E-state index is 9.95. The van der Waals surface area contributed by atoms with E-state index >= 15 is 0 Å². The summed E-state index contributed by atoms with van der Waals surface area (Å²) in [6.07, 6.45) is 11.9. The topological polar surface area (TPSA) is 25.2 Å². The van der Waals surface area contributed by atoms with Crippen molar-refractivity contribution in [2.24, 2.45) is 5.92 Å². The van der Waals surface area contributed by atoms with Gasteiger partial charge >= 0.3 is 0 Å². The van der Waals surface area contributed by atoms with Gasteiger partial charge in [0.2, 0.25) is 0 Å². The van der Waals surface area contributed by atoms with Crippen molar-refractivity contribution in [3.05, 3.63) is 23.5 Å². The summed E-state index contributed by atoms with van der Waals surface area (Å²) < 4.78 is 2.38. The lowest BCUT2D eigenvalue weighted by molar-refractivity contribution is 0.155. The van der Waals surface area contributed by atoms with E-state index in [-0.39, 0.29) is 6.10 Å². The summed E-state index contributed by atoms with van der Waals surface area (Å²) in [4.78, 5) is 0. The van der Waals surface area contributed by atoms with Crippen molar-refractivity contribution in [3.8, 4) is 0 Å². The highest BCUT2D eigenvalue weighted by molar-refractivity contribution is 5.27. The van der Waals surface area contributed by atoms with Crippen LogP contribution in [0.2, 0.25) is 0 Å².